The molecule has 1 rings (SSSR count). The van der Waals surface area contributed by atoms with Gasteiger partial charge in [-0.25, -0.2) is 18.2 Å². The van der Waals surface area contributed by atoms with E-state index in [0.29, 0.717) is 0 Å². The molecular formula is C8H8F3NO. The van der Waals surface area contributed by atoms with E-state index in [-0.39, 0.29) is 11.4 Å². The van der Waals surface area contributed by atoms with E-state index < -0.39 is 17.9 Å². The van der Waals surface area contributed by atoms with Gasteiger partial charge >= 0.3 is 0 Å². The molecule has 1 heterocycles. The average Bonchev–Trinajstić information content (AvgIpc) is 2.09. The quantitative estimate of drug-likeness (QED) is 0.716. The van der Waals surface area contributed by atoms with E-state index in [1.54, 1.807) is 0 Å². The van der Waals surface area contributed by atoms with Gasteiger partial charge in [-0.2, -0.15) is 0 Å². The number of nitrogens with zero attached hydrogens (tertiary/aromatic N) is 1. The van der Waals surface area contributed by atoms with Crippen molar-refractivity contribution in [2.45, 2.75) is 13.3 Å². The van der Waals surface area contributed by atoms with Crippen molar-refractivity contribution in [2.75, 3.05) is 7.11 Å². The summed E-state index contributed by atoms with van der Waals surface area (Å²) in [6.45, 7) is 1.31. The highest BCUT2D eigenvalue weighted by molar-refractivity contribution is 5.29. The molecule has 0 atom stereocenters. The number of halogens is 3. The Morgan fingerprint density at radius 1 is 1.46 bits per heavy atom. The topological polar surface area (TPSA) is 22.1 Å². The number of ether oxygens (including phenoxy) is 1. The van der Waals surface area contributed by atoms with Gasteiger partial charge in [0.1, 0.15) is 5.69 Å². The SMILES string of the molecule is COc1cc(C(F)F)nc(C)c1F. The molecule has 0 saturated heterocycles. The van der Waals surface area contributed by atoms with Gasteiger partial charge in [0.15, 0.2) is 11.6 Å². The van der Waals surface area contributed by atoms with E-state index in [1.807, 2.05) is 0 Å². The minimum atomic E-state index is -2.71. The molecule has 72 valence electrons. The number of methoxy groups -OCH3 is 1. The Morgan fingerprint density at radius 3 is 2.54 bits per heavy atom. The fraction of sp³-hybridized carbons (Fsp3) is 0.375. The van der Waals surface area contributed by atoms with E-state index in [9.17, 15) is 13.2 Å². The predicted molar refractivity (Wildman–Crippen MR) is 40.4 cm³/mol. The normalized spacial score (nSPS) is 10.6. The molecule has 0 saturated carbocycles. The number of rotatable bonds is 2. The van der Waals surface area contributed by atoms with Crippen LogP contribution in [0.15, 0.2) is 6.07 Å². The summed E-state index contributed by atoms with van der Waals surface area (Å²) < 4.78 is 41.9. The summed E-state index contributed by atoms with van der Waals surface area (Å²) in [7, 11) is 1.22. The Morgan fingerprint density at radius 2 is 2.08 bits per heavy atom. The van der Waals surface area contributed by atoms with Crippen LogP contribution in [0, 0.1) is 12.7 Å². The van der Waals surface area contributed by atoms with Crippen LogP contribution in [0.1, 0.15) is 17.8 Å². The average molecular weight is 191 g/mol. The van der Waals surface area contributed by atoms with Gasteiger partial charge in [-0.05, 0) is 6.92 Å². The number of aromatic nitrogens is 1. The molecule has 0 bridgehead atoms. The smallest absolute Gasteiger partial charge is 0.280 e. The Bertz CT molecular complexity index is 315. The maximum absolute atomic E-state index is 13.0. The zero-order chi connectivity index (χ0) is 10.0. The van der Waals surface area contributed by atoms with Crippen molar-refractivity contribution < 1.29 is 17.9 Å². The van der Waals surface area contributed by atoms with Gasteiger partial charge in [0.25, 0.3) is 6.43 Å². The van der Waals surface area contributed by atoms with Crippen molar-refractivity contribution in [3.05, 3.63) is 23.3 Å². The van der Waals surface area contributed by atoms with E-state index in [0.717, 1.165) is 6.07 Å². The van der Waals surface area contributed by atoms with Gasteiger partial charge in [0, 0.05) is 6.07 Å². The van der Waals surface area contributed by atoms with E-state index in [2.05, 4.69) is 9.72 Å². The summed E-state index contributed by atoms with van der Waals surface area (Å²) in [6.07, 6.45) is -2.71. The molecule has 13 heavy (non-hydrogen) atoms. The van der Waals surface area contributed by atoms with Gasteiger partial charge < -0.3 is 4.74 Å². The highest BCUT2D eigenvalue weighted by Crippen LogP contribution is 2.25. The van der Waals surface area contributed by atoms with E-state index >= 15 is 0 Å². The third-order valence-corrected chi connectivity index (χ3v) is 1.55. The Kier molecular flexibility index (Phi) is 2.75. The van der Waals surface area contributed by atoms with Crippen LogP contribution in [0.3, 0.4) is 0 Å². The Hall–Kier alpha value is -1.26. The summed E-state index contributed by atoms with van der Waals surface area (Å²) in [5, 5.41) is 0. The second-order valence-electron chi connectivity index (χ2n) is 2.45. The first kappa shape index (κ1) is 9.83. The van der Waals surface area contributed by atoms with Crippen LogP contribution in [0.4, 0.5) is 13.2 Å². The van der Waals surface area contributed by atoms with Gasteiger partial charge in [0.05, 0.1) is 12.8 Å². The lowest BCUT2D eigenvalue weighted by atomic mass is 10.3. The highest BCUT2D eigenvalue weighted by Gasteiger charge is 2.15. The number of aryl methyl sites for hydroxylation is 1. The lowest BCUT2D eigenvalue weighted by Gasteiger charge is -2.06. The van der Waals surface area contributed by atoms with Crippen LogP contribution in [0.2, 0.25) is 0 Å². The molecule has 0 aromatic carbocycles. The van der Waals surface area contributed by atoms with Gasteiger partial charge in [0.2, 0.25) is 0 Å². The molecule has 0 radical (unpaired) electrons. The fourth-order valence-corrected chi connectivity index (χ4v) is 0.911. The fourth-order valence-electron chi connectivity index (χ4n) is 0.911. The Labute approximate surface area is 73.4 Å². The minimum Gasteiger partial charge on any atom is -0.494 e. The summed E-state index contributed by atoms with van der Waals surface area (Å²) in [6, 6.07) is 0.896. The van der Waals surface area contributed by atoms with Crippen LogP contribution in [0.5, 0.6) is 5.75 Å². The second-order valence-corrected chi connectivity index (χ2v) is 2.45. The maximum Gasteiger partial charge on any atom is 0.280 e. The number of alkyl halides is 2. The molecule has 0 unspecified atom stereocenters. The lowest BCUT2D eigenvalue weighted by Crippen LogP contribution is -1.99. The molecule has 1 aromatic rings. The summed E-state index contributed by atoms with van der Waals surface area (Å²) in [5.41, 5.74) is -0.564. The second kappa shape index (κ2) is 3.64. The number of hydrogen-bond donors (Lipinski definition) is 0. The van der Waals surface area contributed by atoms with Gasteiger partial charge in [-0.3, -0.25) is 0 Å². The molecule has 0 aliphatic carbocycles. The number of hydrogen-bond acceptors (Lipinski definition) is 2. The largest absolute Gasteiger partial charge is 0.494 e. The zero-order valence-corrected chi connectivity index (χ0v) is 7.14. The van der Waals surface area contributed by atoms with Crippen molar-refractivity contribution in [2.24, 2.45) is 0 Å². The summed E-state index contributed by atoms with van der Waals surface area (Å²) in [5.74, 6) is -0.908. The third-order valence-electron chi connectivity index (χ3n) is 1.55. The lowest BCUT2D eigenvalue weighted by molar-refractivity contribution is 0.145. The van der Waals surface area contributed by atoms with E-state index in [4.69, 9.17) is 0 Å². The molecule has 0 fully saturated rings. The third kappa shape index (κ3) is 1.91. The monoisotopic (exact) mass is 191 g/mol. The van der Waals surface area contributed by atoms with Crippen LogP contribution >= 0.6 is 0 Å². The summed E-state index contributed by atoms with van der Waals surface area (Å²) >= 11 is 0. The molecule has 0 N–H and O–H groups in total. The molecule has 0 aliphatic heterocycles. The molecule has 1 aromatic heterocycles. The van der Waals surface area contributed by atoms with Crippen molar-refractivity contribution in [3.63, 3.8) is 0 Å². The van der Waals surface area contributed by atoms with Crippen LogP contribution in [0.25, 0.3) is 0 Å². The first-order valence-corrected chi connectivity index (χ1v) is 3.55. The van der Waals surface area contributed by atoms with Gasteiger partial charge in [-0.15, -0.1) is 0 Å². The van der Waals surface area contributed by atoms with Crippen LogP contribution in [-0.2, 0) is 0 Å². The first-order valence-electron chi connectivity index (χ1n) is 3.55. The van der Waals surface area contributed by atoms with Crippen molar-refractivity contribution in [1.82, 2.24) is 4.98 Å². The molecule has 0 aliphatic rings. The predicted octanol–water partition coefficient (Wildman–Crippen LogP) is 2.48. The molecule has 0 amide bonds. The standard InChI is InChI=1S/C8H8F3NO/c1-4-7(9)6(13-2)3-5(12-4)8(10)11/h3,8H,1-2H3. The molecular weight excluding hydrogens is 183 g/mol. The van der Waals surface area contributed by atoms with Crippen LogP contribution in [-0.4, -0.2) is 12.1 Å². The Balaban J connectivity index is 3.22. The van der Waals surface area contributed by atoms with Crippen LogP contribution < -0.4 is 4.74 Å². The molecule has 2 nitrogen and oxygen atoms in total. The number of pyridine rings is 1. The van der Waals surface area contributed by atoms with Crippen molar-refractivity contribution in [1.29, 1.82) is 0 Å². The van der Waals surface area contributed by atoms with Crippen molar-refractivity contribution >= 4 is 0 Å². The first-order chi connectivity index (χ1) is 6.06. The highest BCUT2D eigenvalue weighted by atomic mass is 19.3. The molecule has 5 heteroatoms. The maximum atomic E-state index is 13.0. The molecule has 0 spiro atoms. The summed E-state index contributed by atoms with van der Waals surface area (Å²) in [4.78, 5) is 3.38. The minimum absolute atomic E-state index is 0.0883. The van der Waals surface area contributed by atoms with Crippen molar-refractivity contribution in [3.8, 4) is 5.75 Å². The zero-order valence-electron chi connectivity index (χ0n) is 7.14. The van der Waals surface area contributed by atoms with Gasteiger partial charge in [-0.1, -0.05) is 0 Å². The van der Waals surface area contributed by atoms with E-state index in [1.165, 1.54) is 14.0 Å².